The first-order valence-corrected chi connectivity index (χ1v) is 19.1. The predicted octanol–water partition coefficient (Wildman–Crippen LogP) is 14.1. The van der Waals surface area contributed by atoms with Crippen LogP contribution in [0.4, 0.5) is 0 Å². The Morgan fingerprint density at radius 3 is 1.21 bits per heavy atom. The minimum Gasteiger partial charge on any atom is -0.309 e. The molecule has 0 aliphatic carbocycles. The fraction of sp³-hybridized carbons (Fsp3) is 0.762. The van der Waals surface area contributed by atoms with Crippen LogP contribution in [0.25, 0.3) is 0 Å². The van der Waals surface area contributed by atoms with Gasteiger partial charge in [0, 0.05) is 0 Å². The number of nitrogens with zero attached hydrogens (tertiary/aromatic N) is 1. The van der Waals surface area contributed by atoms with Gasteiger partial charge in [0.05, 0.1) is 0 Å². The normalized spacial score (nSPS) is 13.4. The Bertz CT molecular complexity index is 664. The van der Waals surface area contributed by atoms with Crippen molar-refractivity contribution >= 4 is 0 Å². The van der Waals surface area contributed by atoms with Gasteiger partial charge in [-0.25, -0.2) is 0 Å². The van der Waals surface area contributed by atoms with E-state index >= 15 is 0 Å². The van der Waals surface area contributed by atoms with E-state index in [0.717, 1.165) is 31.6 Å². The molecule has 250 valence electrons. The maximum atomic E-state index is 2.40. The van der Waals surface area contributed by atoms with E-state index in [0.29, 0.717) is 0 Å². The average Bonchev–Trinajstić information content (AvgIpc) is 3.00. The predicted molar refractivity (Wildman–Crippen MR) is 199 cm³/mol. The van der Waals surface area contributed by atoms with Crippen LogP contribution in [0.2, 0.25) is 0 Å². The minimum atomic E-state index is 0.965. The van der Waals surface area contributed by atoms with Crippen molar-refractivity contribution in [2.24, 2.45) is 5.92 Å². The van der Waals surface area contributed by atoms with E-state index in [1.165, 1.54) is 148 Å². The Balaban J connectivity index is 3.79. The number of hydrogen-bond donors (Lipinski definition) is 0. The lowest BCUT2D eigenvalue weighted by molar-refractivity contribution is 0.332. The molecule has 0 aromatic rings. The standard InChI is InChI=1S/C42H77N/c1-5-7-9-11-13-15-17-19-21-23-25-27-29-31-33-35-38-42(40-37-41-43(3)4)39-36-34-32-30-28-26-24-22-20-18-16-14-12-10-8-6-2/h7,9,13-16,19-22,42H,5-6,8,10-12,17-18,23-41H2,1-4H3/b9-7-,15-13-,16-14-,21-19-,22-20-. The summed E-state index contributed by atoms with van der Waals surface area (Å²) < 4.78 is 0. The lowest BCUT2D eigenvalue weighted by Crippen LogP contribution is -2.14. The monoisotopic (exact) mass is 596 g/mol. The summed E-state index contributed by atoms with van der Waals surface area (Å²) in [6.07, 6.45) is 58.4. The van der Waals surface area contributed by atoms with Gasteiger partial charge in [0.2, 0.25) is 0 Å². The fourth-order valence-electron chi connectivity index (χ4n) is 5.78. The number of unbranched alkanes of at least 4 members (excludes halogenated alkanes) is 15. The molecule has 0 aromatic heterocycles. The second kappa shape index (κ2) is 36.8. The quantitative estimate of drug-likeness (QED) is 0.0539. The van der Waals surface area contributed by atoms with E-state index in [1.807, 2.05) is 0 Å². The molecule has 0 amide bonds. The molecule has 0 fully saturated rings. The summed E-state index contributed by atoms with van der Waals surface area (Å²) in [5.41, 5.74) is 0. The summed E-state index contributed by atoms with van der Waals surface area (Å²) in [4.78, 5) is 2.36. The SMILES string of the molecule is CC/C=C\C/C=C\C/C=C\CCCCCCCCC(CCCCCCCC/C=C\C/C=C\CCCCC)CCCN(C)C. The van der Waals surface area contributed by atoms with Gasteiger partial charge in [-0.15, -0.1) is 0 Å². The van der Waals surface area contributed by atoms with E-state index in [1.54, 1.807) is 0 Å². The summed E-state index contributed by atoms with van der Waals surface area (Å²) in [6, 6.07) is 0. The zero-order valence-corrected chi connectivity index (χ0v) is 29.9. The first-order valence-electron chi connectivity index (χ1n) is 19.1. The molecule has 0 N–H and O–H groups in total. The zero-order chi connectivity index (χ0) is 31.3. The Hall–Kier alpha value is -1.34. The molecule has 0 rings (SSSR count). The maximum Gasteiger partial charge on any atom is -0.00247 e. The molecule has 0 radical (unpaired) electrons. The van der Waals surface area contributed by atoms with Crippen molar-refractivity contribution in [1.82, 2.24) is 4.90 Å². The van der Waals surface area contributed by atoms with Gasteiger partial charge in [0.1, 0.15) is 0 Å². The smallest absolute Gasteiger partial charge is 0.00247 e. The van der Waals surface area contributed by atoms with E-state index in [4.69, 9.17) is 0 Å². The summed E-state index contributed by atoms with van der Waals surface area (Å²) in [5.74, 6) is 0.965. The van der Waals surface area contributed by atoms with Gasteiger partial charge >= 0.3 is 0 Å². The highest BCUT2D eigenvalue weighted by molar-refractivity contribution is 4.97. The Morgan fingerprint density at radius 1 is 0.395 bits per heavy atom. The van der Waals surface area contributed by atoms with Crippen molar-refractivity contribution in [1.29, 1.82) is 0 Å². The van der Waals surface area contributed by atoms with Crippen molar-refractivity contribution in [3.8, 4) is 0 Å². The third kappa shape index (κ3) is 36.8. The van der Waals surface area contributed by atoms with Crippen LogP contribution in [0.15, 0.2) is 60.8 Å². The minimum absolute atomic E-state index is 0.965. The first-order chi connectivity index (χ1) is 21.2. The molecule has 0 aliphatic rings. The van der Waals surface area contributed by atoms with Crippen LogP contribution in [0.5, 0.6) is 0 Å². The molecule has 0 heterocycles. The van der Waals surface area contributed by atoms with Crippen molar-refractivity contribution in [2.45, 2.75) is 181 Å². The van der Waals surface area contributed by atoms with Crippen molar-refractivity contribution in [2.75, 3.05) is 20.6 Å². The van der Waals surface area contributed by atoms with Gasteiger partial charge in [-0.3, -0.25) is 0 Å². The molecule has 0 aromatic carbocycles. The molecule has 43 heavy (non-hydrogen) atoms. The fourth-order valence-corrected chi connectivity index (χ4v) is 5.78. The van der Waals surface area contributed by atoms with E-state index < -0.39 is 0 Å². The Kier molecular flexibility index (Phi) is 35.7. The van der Waals surface area contributed by atoms with Crippen molar-refractivity contribution in [3.63, 3.8) is 0 Å². The molecule has 0 aliphatic heterocycles. The van der Waals surface area contributed by atoms with Crippen LogP contribution >= 0.6 is 0 Å². The van der Waals surface area contributed by atoms with Crippen molar-refractivity contribution in [3.05, 3.63) is 60.8 Å². The van der Waals surface area contributed by atoms with Crippen LogP contribution < -0.4 is 0 Å². The van der Waals surface area contributed by atoms with E-state index in [2.05, 4.69) is 93.6 Å². The zero-order valence-electron chi connectivity index (χ0n) is 29.9. The first kappa shape index (κ1) is 41.7. The third-order valence-electron chi connectivity index (χ3n) is 8.54. The Morgan fingerprint density at radius 2 is 0.767 bits per heavy atom. The van der Waals surface area contributed by atoms with Gasteiger partial charge in [0.15, 0.2) is 0 Å². The summed E-state index contributed by atoms with van der Waals surface area (Å²) >= 11 is 0. The van der Waals surface area contributed by atoms with Crippen LogP contribution in [-0.4, -0.2) is 25.5 Å². The lowest BCUT2D eigenvalue weighted by atomic mass is 9.90. The molecular formula is C42H77N. The highest BCUT2D eigenvalue weighted by Gasteiger charge is 2.09. The molecule has 0 spiro atoms. The van der Waals surface area contributed by atoms with E-state index in [9.17, 15) is 0 Å². The number of allylic oxidation sites excluding steroid dienone is 10. The maximum absolute atomic E-state index is 2.40. The molecule has 1 atom stereocenters. The highest BCUT2D eigenvalue weighted by atomic mass is 15.0. The number of rotatable bonds is 33. The second-order valence-electron chi connectivity index (χ2n) is 13.2. The van der Waals surface area contributed by atoms with Gasteiger partial charge in [-0.1, -0.05) is 164 Å². The molecule has 1 heteroatoms. The van der Waals surface area contributed by atoms with Gasteiger partial charge in [-0.05, 0) is 104 Å². The largest absolute Gasteiger partial charge is 0.309 e. The molecule has 0 bridgehead atoms. The lowest BCUT2D eigenvalue weighted by Gasteiger charge is -2.18. The summed E-state index contributed by atoms with van der Waals surface area (Å²) in [6.45, 7) is 5.71. The summed E-state index contributed by atoms with van der Waals surface area (Å²) in [5, 5.41) is 0. The molecule has 1 unspecified atom stereocenters. The van der Waals surface area contributed by atoms with Crippen LogP contribution in [0.3, 0.4) is 0 Å². The molecular weight excluding hydrogens is 518 g/mol. The highest BCUT2D eigenvalue weighted by Crippen LogP contribution is 2.23. The Labute approximate surface area is 272 Å². The van der Waals surface area contributed by atoms with Crippen LogP contribution in [0.1, 0.15) is 181 Å². The molecule has 0 saturated heterocycles. The average molecular weight is 596 g/mol. The third-order valence-corrected chi connectivity index (χ3v) is 8.54. The second-order valence-corrected chi connectivity index (χ2v) is 13.2. The van der Waals surface area contributed by atoms with Gasteiger partial charge in [-0.2, -0.15) is 0 Å². The van der Waals surface area contributed by atoms with Crippen LogP contribution in [0, 0.1) is 5.92 Å². The van der Waals surface area contributed by atoms with Crippen molar-refractivity contribution < 1.29 is 0 Å². The topological polar surface area (TPSA) is 3.24 Å². The summed E-state index contributed by atoms with van der Waals surface area (Å²) in [7, 11) is 4.44. The number of hydrogen-bond acceptors (Lipinski definition) is 1. The van der Waals surface area contributed by atoms with Crippen LogP contribution in [-0.2, 0) is 0 Å². The van der Waals surface area contributed by atoms with Gasteiger partial charge in [0.25, 0.3) is 0 Å². The van der Waals surface area contributed by atoms with Gasteiger partial charge < -0.3 is 4.90 Å². The van der Waals surface area contributed by atoms with E-state index in [-0.39, 0.29) is 0 Å². The molecule has 0 saturated carbocycles. The molecule has 1 nitrogen and oxygen atoms in total.